The molecule has 0 aliphatic carbocycles. The summed E-state index contributed by atoms with van der Waals surface area (Å²) in [5.74, 6) is -0.923. The fourth-order valence-corrected chi connectivity index (χ4v) is 2.12. The van der Waals surface area contributed by atoms with Gasteiger partial charge in [0, 0.05) is 14.5 Å². The first-order chi connectivity index (χ1) is 9.58. The van der Waals surface area contributed by atoms with Gasteiger partial charge in [-0.05, 0) is 12.6 Å². The van der Waals surface area contributed by atoms with E-state index in [0.717, 1.165) is 5.56 Å². The molecule has 0 spiro atoms. The van der Waals surface area contributed by atoms with Gasteiger partial charge in [0.2, 0.25) is 0 Å². The molecule has 20 heavy (non-hydrogen) atoms. The molecule has 0 aromatic heterocycles. The SMILES string of the molecule is CN1CCN(C(=O)OCc2ccccc2)C[C@@H]1C(=O)O.[HH]. The number of piperazine rings is 1. The molecule has 1 fully saturated rings. The zero-order valence-corrected chi connectivity index (χ0v) is 11.4. The summed E-state index contributed by atoms with van der Waals surface area (Å²) in [5, 5.41) is 9.10. The van der Waals surface area contributed by atoms with E-state index in [1.165, 1.54) is 4.90 Å². The predicted octanol–water partition coefficient (Wildman–Crippen LogP) is 1.27. The lowest BCUT2D eigenvalue weighted by Gasteiger charge is -2.36. The molecule has 1 aromatic rings. The highest BCUT2D eigenvalue weighted by Gasteiger charge is 2.32. The third kappa shape index (κ3) is 3.48. The fraction of sp³-hybridized carbons (Fsp3) is 0.429. The number of ether oxygens (including phenoxy) is 1. The highest BCUT2D eigenvalue weighted by Crippen LogP contribution is 2.10. The number of carboxylic acid groups (broad SMARTS) is 1. The van der Waals surface area contributed by atoms with Crippen molar-refractivity contribution in [2.24, 2.45) is 0 Å². The Morgan fingerprint density at radius 2 is 2.05 bits per heavy atom. The molecule has 0 radical (unpaired) electrons. The molecule has 1 saturated heterocycles. The van der Waals surface area contributed by atoms with Crippen molar-refractivity contribution >= 4 is 12.1 Å². The fourth-order valence-electron chi connectivity index (χ4n) is 2.12. The van der Waals surface area contributed by atoms with Crippen LogP contribution in [0.15, 0.2) is 30.3 Å². The van der Waals surface area contributed by atoms with Crippen molar-refractivity contribution in [3.63, 3.8) is 0 Å². The van der Waals surface area contributed by atoms with Gasteiger partial charge in [0.05, 0.1) is 6.54 Å². The molecule has 6 heteroatoms. The summed E-state index contributed by atoms with van der Waals surface area (Å²) < 4.78 is 5.21. The molecule has 2 rings (SSSR count). The smallest absolute Gasteiger partial charge is 0.410 e. The summed E-state index contributed by atoms with van der Waals surface area (Å²) in [5.41, 5.74) is 0.907. The molecule has 1 amide bonds. The third-order valence-corrected chi connectivity index (χ3v) is 3.40. The Hall–Kier alpha value is -2.08. The number of hydrogen-bond acceptors (Lipinski definition) is 4. The van der Waals surface area contributed by atoms with E-state index >= 15 is 0 Å². The molecular weight excluding hydrogens is 260 g/mol. The van der Waals surface area contributed by atoms with Crippen molar-refractivity contribution in [1.82, 2.24) is 9.80 Å². The Balaban J connectivity index is 0.00000220. The predicted molar refractivity (Wildman–Crippen MR) is 74.4 cm³/mol. The van der Waals surface area contributed by atoms with Crippen LogP contribution in [0.2, 0.25) is 0 Å². The Labute approximate surface area is 119 Å². The van der Waals surface area contributed by atoms with Gasteiger partial charge in [0.15, 0.2) is 0 Å². The molecule has 1 heterocycles. The molecule has 0 bridgehead atoms. The summed E-state index contributed by atoms with van der Waals surface area (Å²) in [6, 6.07) is 8.71. The van der Waals surface area contributed by atoms with Crippen LogP contribution in [-0.2, 0) is 16.1 Å². The maximum atomic E-state index is 11.9. The van der Waals surface area contributed by atoms with Crippen LogP contribution in [0.5, 0.6) is 0 Å². The van der Waals surface area contributed by atoms with Crippen LogP contribution in [0, 0.1) is 0 Å². The summed E-state index contributed by atoms with van der Waals surface area (Å²) >= 11 is 0. The lowest BCUT2D eigenvalue weighted by Crippen LogP contribution is -2.56. The van der Waals surface area contributed by atoms with Crippen LogP contribution in [-0.4, -0.2) is 59.7 Å². The second kappa shape index (κ2) is 6.38. The van der Waals surface area contributed by atoms with E-state index in [2.05, 4.69) is 0 Å². The highest BCUT2D eigenvalue weighted by molar-refractivity contribution is 5.76. The summed E-state index contributed by atoms with van der Waals surface area (Å²) in [6.07, 6.45) is -0.465. The molecule has 1 aliphatic rings. The second-order valence-electron chi connectivity index (χ2n) is 4.82. The highest BCUT2D eigenvalue weighted by atomic mass is 16.6. The van der Waals surface area contributed by atoms with Gasteiger partial charge < -0.3 is 14.7 Å². The Morgan fingerprint density at radius 3 is 2.70 bits per heavy atom. The minimum Gasteiger partial charge on any atom is -0.480 e. The zero-order valence-electron chi connectivity index (χ0n) is 11.4. The first kappa shape index (κ1) is 14.3. The van der Waals surface area contributed by atoms with Crippen LogP contribution in [0.4, 0.5) is 4.79 Å². The number of nitrogens with zero attached hydrogens (tertiary/aromatic N) is 2. The minimum atomic E-state index is -0.923. The number of hydrogen-bond donors (Lipinski definition) is 1. The number of carbonyl (C=O) groups is 2. The molecular formula is C14H20N2O4. The summed E-state index contributed by atoms with van der Waals surface area (Å²) in [4.78, 5) is 26.2. The quantitative estimate of drug-likeness (QED) is 0.903. The van der Waals surface area contributed by atoms with Gasteiger partial charge in [0.1, 0.15) is 12.6 Å². The normalized spacial score (nSPS) is 19.6. The van der Waals surface area contributed by atoms with Crippen molar-refractivity contribution in [2.75, 3.05) is 26.7 Å². The third-order valence-electron chi connectivity index (χ3n) is 3.40. The summed E-state index contributed by atoms with van der Waals surface area (Å²) in [6.45, 7) is 1.36. The van der Waals surface area contributed by atoms with Gasteiger partial charge in [-0.1, -0.05) is 30.3 Å². The maximum Gasteiger partial charge on any atom is 0.410 e. The minimum absolute atomic E-state index is 0. The molecule has 110 valence electrons. The van der Waals surface area contributed by atoms with E-state index in [-0.39, 0.29) is 14.6 Å². The van der Waals surface area contributed by atoms with Gasteiger partial charge in [0.25, 0.3) is 0 Å². The first-order valence-corrected chi connectivity index (χ1v) is 6.46. The van der Waals surface area contributed by atoms with Crippen LogP contribution in [0.1, 0.15) is 6.99 Å². The van der Waals surface area contributed by atoms with Crippen molar-refractivity contribution in [3.8, 4) is 0 Å². The molecule has 1 aromatic carbocycles. The molecule has 0 saturated carbocycles. The number of likely N-dealkylation sites (N-methyl/N-ethyl adjacent to an activating group) is 1. The maximum absolute atomic E-state index is 11.9. The monoisotopic (exact) mass is 280 g/mol. The van der Waals surface area contributed by atoms with Crippen molar-refractivity contribution < 1.29 is 20.9 Å². The summed E-state index contributed by atoms with van der Waals surface area (Å²) in [7, 11) is 1.74. The van der Waals surface area contributed by atoms with Crippen LogP contribution < -0.4 is 0 Å². The van der Waals surface area contributed by atoms with Gasteiger partial charge in [-0.3, -0.25) is 9.69 Å². The Bertz CT molecular complexity index is 483. The second-order valence-corrected chi connectivity index (χ2v) is 4.82. The molecule has 0 unspecified atom stereocenters. The van der Waals surface area contributed by atoms with Crippen LogP contribution >= 0.6 is 0 Å². The van der Waals surface area contributed by atoms with E-state index < -0.39 is 18.1 Å². The van der Waals surface area contributed by atoms with Gasteiger partial charge in [-0.2, -0.15) is 0 Å². The van der Waals surface area contributed by atoms with E-state index in [1.807, 2.05) is 30.3 Å². The standard InChI is InChI=1S/C14H18N2O4.H2/c1-15-7-8-16(9-12(15)13(17)18)14(19)20-10-11-5-3-2-4-6-11;/h2-6,12H,7-10H2,1H3,(H,17,18);1H/t12-;/m1./s1. The number of aliphatic carboxylic acids is 1. The zero-order chi connectivity index (χ0) is 14.5. The molecule has 1 N–H and O–H groups in total. The van der Waals surface area contributed by atoms with Crippen molar-refractivity contribution in [2.45, 2.75) is 12.6 Å². The molecule has 1 aliphatic heterocycles. The number of benzene rings is 1. The Morgan fingerprint density at radius 1 is 1.35 bits per heavy atom. The van der Waals surface area contributed by atoms with E-state index in [1.54, 1.807) is 11.9 Å². The average Bonchev–Trinajstić information content (AvgIpc) is 2.46. The van der Waals surface area contributed by atoms with Crippen LogP contribution in [0.25, 0.3) is 0 Å². The van der Waals surface area contributed by atoms with E-state index in [4.69, 9.17) is 9.84 Å². The first-order valence-electron chi connectivity index (χ1n) is 6.46. The topological polar surface area (TPSA) is 70.1 Å². The van der Waals surface area contributed by atoms with Crippen molar-refractivity contribution in [1.29, 1.82) is 0 Å². The lowest BCUT2D eigenvalue weighted by atomic mass is 10.2. The van der Waals surface area contributed by atoms with E-state index in [9.17, 15) is 9.59 Å². The number of carboxylic acids is 1. The number of amides is 1. The Kier molecular flexibility index (Phi) is 4.57. The number of rotatable bonds is 3. The van der Waals surface area contributed by atoms with E-state index in [0.29, 0.717) is 13.1 Å². The lowest BCUT2D eigenvalue weighted by molar-refractivity contribution is -0.144. The van der Waals surface area contributed by atoms with Gasteiger partial charge in [-0.15, -0.1) is 0 Å². The molecule has 1 atom stereocenters. The van der Waals surface area contributed by atoms with Gasteiger partial charge >= 0.3 is 12.1 Å². The number of carbonyl (C=O) groups excluding carboxylic acids is 1. The van der Waals surface area contributed by atoms with Crippen molar-refractivity contribution in [3.05, 3.63) is 35.9 Å². The van der Waals surface area contributed by atoms with Crippen LogP contribution in [0.3, 0.4) is 0 Å². The van der Waals surface area contributed by atoms with Gasteiger partial charge in [-0.25, -0.2) is 4.79 Å². The average molecular weight is 280 g/mol. The molecule has 6 nitrogen and oxygen atoms in total. The largest absolute Gasteiger partial charge is 0.480 e.